The summed E-state index contributed by atoms with van der Waals surface area (Å²) in [7, 11) is -4.19. The molecule has 3 heterocycles. The van der Waals surface area contributed by atoms with Crippen LogP contribution in [-0.2, 0) is 24.2 Å². The fraction of sp³-hybridized carbons (Fsp3) is 0.316. The molecule has 2 aliphatic rings. The van der Waals surface area contributed by atoms with E-state index in [9.17, 15) is 42.9 Å². The maximum atomic E-state index is 12.8. The number of benzene rings is 1. The Balaban J connectivity index is 1.38. The fourth-order valence-electron chi connectivity index (χ4n) is 3.95. The Kier molecular flexibility index (Phi) is 5.96. The van der Waals surface area contributed by atoms with Crippen molar-refractivity contribution < 1.29 is 52.2 Å². The number of phenolic OH excluding ortho intramolecular Hbond substituents is 2. The summed E-state index contributed by atoms with van der Waals surface area (Å²) in [5, 5.41) is 30.7. The monoisotopic (exact) mass is 544 g/mol. The highest BCUT2D eigenvalue weighted by Crippen LogP contribution is 2.46. The lowest BCUT2D eigenvalue weighted by atomic mass is 9.97. The number of halogens is 1. The molecule has 2 saturated heterocycles. The first-order valence-electron chi connectivity index (χ1n) is 9.97. The third-order valence-corrected chi connectivity index (χ3v) is 9.05. The molecule has 192 valence electrons. The summed E-state index contributed by atoms with van der Waals surface area (Å²) in [6, 6.07) is 1.81. The molecule has 3 amide bonds. The lowest BCUT2D eigenvalue weighted by molar-refractivity contribution is -0.158. The van der Waals surface area contributed by atoms with Crippen LogP contribution in [0.2, 0.25) is 5.02 Å². The molecule has 1 aromatic carbocycles. The van der Waals surface area contributed by atoms with Crippen LogP contribution in [0, 0.1) is 0 Å². The number of hydrogen-bond donors (Lipinski definition) is 5. The third kappa shape index (κ3) is 3.74. The average molecular weight is 545 g/mol. The van der Waals surface area contributed by atoms with Crippen molar-refractivity contribution in [3.8, 4) is 22.8 Å². The summed E-state index contributed by atoms with van der Waals surface area (Å²) in [6.07, 6.45) is -1.69. The van der Waals surface area contributed by atoms with E-state index in [1.807, 2.05) is 10.9 Å². The number of aromatic hydroxyl groups is 2. The van der Waals surface area contributed by atoms with Gasteiger partial charge in [-0.15, -0.1) is 0 Å². The van der Waals surface area contributed by atoms with E-state index in [1.54, 1.807) is 0 Å². The summed E-state index contributed by atoms with van der Waals surface area (Å²) in [4.78, 5) is 48.5. The molecule has 3 atom stereocenters. The van der Waals surface area contributed by atoms with E-state index in [-0.39, 0.29) is 22.7 Å². The van der Waals surface area contributed by atoms with Crippen molar-refractivity contribution in [3.63, 3.8) is 0 Å². The van der Waals surface area contributed by atoms with E-state index in [4.69, 9.17) is 20.9 Å². The number of aromatic nitrogens is 1. The minimum atomic E-state index is -4.19. The molecule has 4 rings (SSSR count). The first-order valence-corrected chi connectivity index (χ1v) is 11.9. The number of carbonyl (C=O) groups excluding carboxylic acids is 3. The third-order valence-electron chi connectivity index (χ3n) is 5.92. The van der Waals surface area contributed by atoms with Gasteiger partial charge in [-0.25, -0.2) is 23.4 Å². The zero-order valence-corrected chi connectivity index (χ0v) is 19.7. The standard InChI is InChI=1S/C19H17ClN4O11S/c1-19(15(17(29)30)24-11(26)5-12(24)36(19,32)33)6-34-18(31)22-21-16(28)10-4-8(23-35-10)7-2-3-9(25)14(27)13(7)20/h2-4,12,15,25,27H,5-6H2,1H3,(H,21,28)(H,22,31)(H,29,30)/t12-,15+,19+/m1/s1. The Morgan fingerprint density at radius 3 is 2.64 bits per heavy atom. The predicted molar refractivity (Wildman–Crippen MR) is 116 cm³/mol. The normalized spacial score (nSPS) is 23.9. The molecule has 0 spiro atoms. The van der Waals surface area contributed by atoms with Crippen LogP contribution in [0.5, 0.6) is 11.5 Å². The Bertz CT molecular complexity index is 1410. The summed E-state index contributed by atoms with van der Waals surface area (Å²) >= 11 is 5.94. The van der Waals surface area contributed by atoms with Crippen LogP contribution >= 0.6 is 11.6 Å². The number of phenols is 2. The lowest BCUT2D eigenvalue weighted by Crippen LogP contribution is -2.58. The molecule has 2 aromatic rings. The zero-order valence-electron chi connectivity index (χ0n) is 18.1. The second kappa shape index (κ2) is 8.56. The SMILES string of the molecule is C[C@]1(COC(=O)NNC(=O)c2cc(-c3ccc(O)c(O)c3Cl)no2)[C@H](C(=O)O)N2C(=O)C[C@H]2S1(=O)=O. The zero-order chi connectivity index (χ0) is 26.6. The van der Waals surface area contributed by atoms with E-state index in [0.717, 1.165) is 24.0 Å². The van der Waals surface area contributed by atoms with Gasteiger partial charge in [0.25, 0.3) is 0 Å². The van der Waals surface area contributed by atoms with Crippen LogP contribution in [0.3, 0.4) is 0 Å². The maximum Gasteiger partial charge on any atom is 0.426 e. The molecule has 0 bridgehead atoms. The number of hydrazine groups is 1. The lowest BCUT2D eigenvalue weighted by Gasteiger charge is -2.35. The van der Waals surface area contributed by atoms with Crippen molar-refractivity contribution >= 4 is 45.3 Å². The highest BCUT2D eigenvalue weighted by molar-refractivity contribution is 7.94. The van der Waals surface area contributed by atoms with Crippen molar-refractivity contribution in [1.29, 1.82) is 0 Å². The Labute approximate surface area is 206 Å². The summed E-state index contributed by atoms with van der Waals surface area (Å²) in [5.74, 6) is -4.72. The molecule has 15 nitrogen and oxygen atoms in total. The maximum absolute atomic E-state index is 12.8. The Hall–Kier alpha value is -4.05. The number of fused-ring (bicyclic) bond motifs is 1. The van der Waals surface area contributed by atoms with Crippen LogP contribution in [-0.4, -0.2) is 80.4 Å². The molecular weight excluding hydrogens is 528 g/mol. The minimum Gasteiger partial charge on any atom is -0.504 e. The number of amides is 3. The number of nitrogens with one attached hydrogen (secondary N) is 2. The Morgan fingerprint density at radius 1 is 1.31 bits per heavy atom. The summed E-state index contributed by atoms with van der Waals surface area (Å²) in [6.45, 7) is 0.143. The van der Waals surface area contributed by atoms with Gasteiger partial charge in [-0.3, -0.25) is 15.0 Å². The van der Waals surface area contributed by atoms with Crippen molar-refractivity contribution in [2.45, 2.75) is 29.5 Å². The number of rotatable bonds is 5. The molecular formula is C19H17ClN4O11S. The molecule has 0 unspecified atom stereocenters. The topological polar surface area (TPSA) is 226 Å². The summed E-state index contributed by atoms with van der Waals surface area (Å²) < 4.78 is 33.2. The number of hydrogen-bond acceptors (Lipinski definition) is 11. The van der Waals surface area contributed by atoms with Crippen molar-refractivity contribution in [1.82, 2.24) is 20.9 Å². The van der Waals surface area contributed by atoms with E-state index < -0.39 is 73.7 Å². The van der Waals surface area contributed by atoms with Gasteiger partial charge in [-0.05, 0) is 19.1 Å². The fourth-order valence-corrected chi connectivity index (χ4v) is 6.48. The van der Waals surface area contributed by atoms with Gasteiger partial charge in [0, 0.05) is 11.6 Å². The van der Waals surface area contributed by atoms with Crippen molar-refractivity contribution in [2.75, 3.05) is 6.61 Å². The number of nitrogens with zero attached hydrogens (tertiary/aromatic N) is 2. The van der Waals surface area contributed by atoms with Crippen LogP contribution in [0.15, 0.2) is 22.7 Å². The van der Waals surface area contributed by atoms with Gasteiger partial charge < -0.3 is 29.5 Å². The van der Waals surface area contributed by atoms with Gasteiger partial charge in [0.1, 0.15) is 22.4 Å². The van der Waals surface area contributed by atoms with E-state index in [0.29, 0.717) is 0 Å². The van der Waals surface area contributed by atoms with E-state index >= 15 is 0 Å². The van der Waals surface area contributed by atoms with Gasteiger partial charge >= 0.3 is 18.0 Å². The van der Waals surface area contributed by atoms with Gasteiger partial charge in [0.15, 0.2) is 27.4 Å². The molecule has 1 aromatic heterocycles. The average Bonchev–Trinajstić information content (AvgIpc) is 3.35. The molecule has 2 aliphatic heterocycles. The van der Waals surface area contributed by atoms with Crippen LogP contribution in [0.4, 0.5) is 4.79 Å². The number of β-lactam (4-membered cyclic amide) rings is 1. The smallest absolute Gasteiger partial charge is 0.426 e. The van der Waals surface area contributed by atoms with Crippen LogP contribution in [0.25, 0.3) is 11.3 Å². The van der Waals surface area contributed by atoms with Gasteiger partial charge in [-0.1, -0.05) is 16.8 Å². The second-order valence-corrected chi connectivity index (χ2v) is 11.0. The van der Waals surface area contributed by atoms with Gasteiger partial charge in [-0.2, -0.15) is 0 Å². The number of aliphatic carboxylic acids is 1. The number of ether oxygens (including phenoxy) is 1. The van der Waals surface area contributed by atoms with Crippen molar-refractivity contribution in [2.24, 2.45) is 0 Å². The Morgan fingerprint density at radius 2 is 2.00 bits per heavy atom. The van der Waals surface area contributed by atoms with Gasteiger partial charge in [0.05, 0.1) is 11.4 Å². The largest absolute Gasteiger partial charge is 0.504 e. The first kappa shape index (κ1) is 25.1. The highest BCUT2D eigenvalue weighted by atomic mass is 35.5. The predicted octanol–water partition coefficient (Wildman–Crippen LogP) is -0.0241. The number of sulfone groups is 1. The highest BCUT2D eigenvalue weighted by Gasteiger charge is 2.70. The molecule has 2 fully saturated rings. The van der Waals surface area contributed by atoms with E-state index in [2.05, 4.69) is 5.16 Å². The molecule has 0 saturated carbocycles. The molecule has 0 radical (unpaired) electrons. The van der Waals surface area contributed by atoms with Gasteiger partial charge in [0.2, 0.25) is 11.7 Å². The van der Waals surface area contributed by atoms with E-state index in [1.165, 1.54) is 6.07 Å². The van der Waals surface area contributed by atoms with Crippen LogP contribution in [0.1, 0.15) is 23.9 Å². The molecule has 5 N–H and O–H groups in total. The number of carboxylic acids is 1. The summed E-state index contributed by atoms with van der Waals surface area (Å²) in [5.41, 5.74) is 3.92. The van der Waals surface area contributed by atoms with Crippen LogP contribution < -0.4 is 10.9 Å². The number of carbonyl (C=O) groups is 4. The van der Waals surface area contributed by atoms with Crippen molar-refractivity contribution in [3.05, 3.63) is 29.0 Å². The molecule has 17 heteroatoms. The first-order chi connectivity index (χ1) is 16.8. The molecule has 0 aliphatic carbocycles. The second-order valence-electron chi connectivity index (χ2n) is 8.08. The number of carboxylic acid groups (broad SMARTS) is 1. The molecule has 36 heavy (non-hydrogen) atoms. The minimum absolute atomic E-state index is 0.0151. The quantitative estimate of drug-likeness (QED) is 0.190.